The third kappa shape index (κ3) is 2.72. The fourth-order valence-electron chi connectivity index (χ4n) is 2.77. The highest BCUT2D eigenvalue weighted by molar-refractivity contribution is 7.99. The van der Waals surface area contributed by atoms with E-state index in [1.807, 2.05) is 0 Å². The first-order chi connectivity index (χ1) is 7.83. The van der Waals surface area contributed by atoms with Gasteiger partial charge in [-0.25, -0.2) is 0 Å². The molecule has 2 aliphatic rings. The fourth-order valence-corrected chi connectivity index (χ4v) is 3.52. The lowest BCUT2D eigenvalue weighted by Gasteiger charge is -2.27. The van der Waals surface area contributed by atoms with E-state index in [2.05, 4.69) is 17.1 Å². The van der Waals surface area contributed by atoms with Crippen molar-refractivity contribution in [2.24, 2.45) is 0 Å². The van der Waals surface area contributed by atoms with E-state index in [1.165, 1.54) is 12.8 Å². The third-order valence-electron chi connectivity index (χ3n) is 3.52. The van der Waals surface area contributed by atoms with E-state index in [1.54, 1.807) is 11.8 Å². The van der Waals surface area contributed by atoms with Crippen molar-refractivity contribution in [3.63, 3.8) is 0 Å². The van der Waals surface area contributed by atoms with Crippen LogP contribution < -0.4 is 5.32 Å². The summed E-state index contributed by atoms with van der Waals surface area (Å²) in [4.78, 5) is 14.3. The Morgan fingerprint density at radius 3 is 3.00 bits per heavy atom. The molecule has 2 unspecified atom stereocenters. The maximum atomic E-state index is 12.2. The third-order valence-corrected chi connectivity index (χ3v) is 4.66. The van der Waals surface area contributed by atoms with Crippen LogP contribution in [0.1, 0.15) is 32.6 Å². The van der Waals surface area contributed by atoms with Gasteiger partial charge in [-0.2, -0.15) is 11.8 Å². The molecule has 16 heavy (non-hydrogen) atoms. The normalized spacial score (nSPS) is 29.2. The SMILES string of the molecule is CCCSCC(=O)N1C2CCNCC1CC2. The average Bonchev–Trinajstić information content (AvgIpc) is 2.52. The summed E-state index contributed by atoms with van der Waals surface area (Å²) in [5.41, 5.74) is 0. The minimum absolute atomic E-state index is 0.370. The maximum Gasteiger partial charge on any atom is 0.233 e. The van der Waals surface area contributed by atoms with Crippen molar-refractivity contribution in [1.29, 1.82) is 0 Å². The van der Waals surface area contributed by atoms with Gasteiger partial charge in [-0.15, -0.1) is 0 Å². The second-order valence-corrected chi connectivity index (χ2v) is 5.84. The van der Waals surface area contributed by atoms with Crippen LogP contribution in [0.2, 0.25) is 0 Å². The Labute approximate surface area is 102 Å². The van der Waals surface area contributed by atoms with Crippen LogP contribution in [0.25, 0.3) is 0 Å². The van der Waals surface area contributed by atoms with Crippen molar-refractivity contribution in [3.8, 4) is 0 Å². The molecule has 0 spiro atoms. The number of carbonyl (C=O) groups excluding carboxylic acids is 1. The molecule has 2 aliphatic heterocycles. The lowest BCUT2D eigenvalue weighted by Crippen LogP contribution is -2.43. The second-order valence-electron chi connectivity index (χ2n) is 4.73. The molecule has 2 atom stereocenters. The highest BCUT2D eigenvalue weighted by Crippen LogP contribution is 2.28. The van der Waals surface area contributed by atoms with Crippen LogP contribution in [-0.2, 0) is 4.79 Å². The zero-order chi connectivity index (χ0) is 11.4. The van der Waals surface area contributed by atoms with E-state index in [-0.39, 0.29) is 0 Å². The Bertz CT molecular complexity index is 233. The van der Waals surface area contributed by atoms with Gasteiger partial charge in [0.15, 0.2) is 0 Å². The molecule has 92 valence electrons. The Kier molecular flexibility index (Phi) is 4.53. The van der Waals surface area contributed by atoms with Crippen LogP contribution in [0, 0.1) is 0 Å². The smallest absolute Gasteiger partial charge is 0.233 e. The number of rotatable bonds is 4. The number of hydrogen-bond acceptors (Lipinski definition) is 3. The van der Waals surface area contributed by atoms with Crippen LogP contribution in [0.15, 0.2) is 0 Å². The van der Waals surface area contributed by atoms with Gasteiger partial charge in [0, 0.05) is 18.6 Å². The largest absolute Gasteiger partial charge is 0.335 e. The molecular weight excluding hydrogens is 220 g/mol. The first kappa shape index (κ1) is 12.2. The monoisotopic (exact) mass is 242 g/mol. The number of nitrogens with one attached hydrogen (secondary N) is 1. The first-order valence-corrected chi connectivity index (χ1v) is 7.58. The van der Waals surface area contributed by atoms with Gasteiger partial charge in [0.2, 0.25) is 5.91 Å². The highest BCUT2D eigenvalue weighted by atomic mass is 32.2. The Hall–Kier alpha value is -0.220. The number of fused-ring (bicyclic) bond motifs is 2. The molecule has 3 nitrogen and oxygen atoms in total. The molecule has 2 saturated heterocycles. The van der Waals surface area contributed by atoms with Crippen LogP contribution in [0.5, 0.6) is 0 Å². The van der Waals surface area contributed by atoms with E-state index in [0.717, 1.165) is 31.7 Å². The van der Waals surface area contributed by atoms with E-state index < -0.39 is 0 Å². The average molecular weight is 242 g/mol. The number of nitrogens with zero attached hydrogens (tertiary/aromatic N) is 1. The van der Waals surface area contributed by atoms with Gasteiger partial charge in [0.25, 0.3) is 0 Å². The zero-order valence-corrected chi connectivity index (χ0v) is 10.9. The zero-order valence-electron chi connectivity index (χ0n) is 10.1. The van der Waals surface area contributed by atoms with Crippen molar-refractivity contribution < 1.29 is 4.79 Å². The van der Waals surface area contributed by atoms with E-state index in [4.69, 9.17) is 0 Å². The Morgan fingerprint density at radius 2 is 2.19 bits per heavy atom. The molecule has 0 aromatic carbocycles. The number of hydrogen-bond donors (Lipinski definition) is 1. The molecule has 2 bridgehead atoms. The molecule has 2 fully saturated rings. The van der Waals surface area contributed by atoms with Crippen molar-refractivity contribution >= 4 is 17.7 Å². The van der Waals surface area contributed by atoms with Gasteiger partial charge in [-0.1, -0.05) is 6.92 Å². The van der Waals surface area contributed by atoms with Crippen LogP contribution in [0.4, 0.5) is 0 Å². The molecule has 0 aliphatic carbocycles. The molecule has 1 amide bonds. The van der Waals surface area contributed by atoms with E-state index in [0.29, 0.717) is 23.7 Å². The molecule has 0 aromatic rings. The lowest BCUT2D eigenvalue weighted by molar-refractivity contribution is -0.130. The van der Waals surface area contributed by atoms with Gasteiger partial charge in [-0.05, 0) is 38.0 Å². The summed E-state index contributed by atoms with van der Waals surface area (Å²) < 4.78 is 0. The first-order valence-electron chi connectivity index (χ1n) is 6.42. The molecule has 4 heteroatoms. The summed E-state index contributed by atoms with van der Waals surface area (Å²) in [7, 11) is 0. The molecule has 0 aromatic heterocycles. The van der Waals surface area contributed by atoms with Crippen molar-refractivity contribution in [2.75, 3.05) is 24.6 Å². The minimum atomic E-state index is 0.370. The lowest BCUT2D eigenvalue weighted by atomic mass is 10.1. The summed E-state index contributed by atoms with van der Waals surface area (Å²) in [6.07, 6.45) is 4.71. The van der Waals surface area contributed by atoms with Crippen LogP contribution >= 0.6 is 11.8 Å². The van der Waals surface area contributed by atoms with Crippen LogP contribution in [0.3, 0.4) is 0 Å². The summed E-state index contributed by atoms with van der Waals surface area (Å²) in [5.74, 6) is 2.16. The highest BCUT2D eigenvalue weighted by Gasteiger charge is 2.37. The van der Waals surface area contributed by atoms with Crippen molar-refractivity contribution in [2.45, 2.75) is 44.7 Å². The summed E-state index contributed by atoms with van der Waals surface area (Å²) in [6.45, 7) is 4.24. The number of amides is 1. The maximum absolute atomic E-state index is 12.2. The standard InChI is InChI=1S/C12H22N2OS/c1-2-7-16-9-12(15)14-10-3-4-11(14)8-13-6-5-10/h10-11,13H,2-9H2,1H3. The molecule has 0 radical (unpaired) electrons. The van der Waals surface area contributed by atoms with Gasteiger partial charge in [0.1, 0.15) is 0 Å². The molecule has 2 heterocycles. The van der Waals surface area contributed by atoms with Crippen molar-refractivity contribution in [1.82, 2.24) is 10.2 Å². The molecule has 0 saturated carbocycles. The number of carbonyl (C=O) groups is 1. The Balaban J connectivity index is 1.89. The molecular formula is C12H22N2OS. The van der Waals surface area contributed by atoms with Crippen LogP contribution in [-0.4, -0.2) is 47.5 Å². The van der Waals surface area contributed by atoms with E-state index in [9.17, 15) is 4.79 Å². The molecule has 1 N–H and O–H groups in total. The fraction of sp³-hybridized carbons (Fsp3) is 0.917. The predicted molar refractivity (Wildman–Crippen MR) is 68.8 cm³/mol. The number of thioether (sulfide) groups is 1. The summed E-state index contributed by atoms with van der Waals surface area (Å²) in [6, 6.07) is 0.997. The minimum Gasteiger partial charge on any atom is -0.335 e. The topological polar surface area (TPSA) is 32.3 Å². The predicted octanol–water partition coefficient (Wildman–Crippen LogP) is 1.48. The molecule has 2 rings (SSSR count). The van der Waals surface area contributed by atoms with E-state index >= 15 is 0 Å². The van der Waals surface area contributed by atoms with Gasteiger partial charge >= 0.3 is 0 Å². The quantitative estimate of drug-likeness (QED) is 0.758. The van der Waals surface area contributed by atoms with Crippen molar-refractivity contribution in [3.05, 3.63) is 0 Å². The summed E-state index contributed by atoms with van der Waals surface area (Å²) in [5, 5.41) is 3.43. The van der Waals surface area contributed by atoms with Gasteiger partial charge < -0.3 is 10.2 Å². The second kappa shape index (κ2) is 5.92. The Morgan fingerprint density at radius 1 is 1.38 bits per heavy atom. The van der Waals surface area contributed by atoms with Gasteiger partial charge in [0.05, 0.1) is 5.75 Å². The van der Waals surface area contributed by atoms with Gasteiger partial charge in [-0.3, -0.25) is 4.79 Å². The summed E-state index contributed by atoms with van der Waals surface area (Å²) >= 11 is 1.78.